The summed E-state index contributed by atoms with van der Waals surface area (Å²) in [6.45, 7) is 1.95. The Balaban J connectivity index is 0.00000144. The first-order valence-corrected chi connectivity index (χ1v) is 5.14. The first kappa shape index (κ1) is 9.54. The topological polar surface area (TPSA) is 52.5 Å². The minimum Gasteiger partial charge on any atom is -0.282 e. The fourth-order valence-electron chi connectivity index (χ4n) is 0.846. The minimum absolute atomic E-state index is 0. The van der Waals surface area contributed by atoms with Gasteiger partial charge in [0.2, 0.25) is 0 Å². The van der Waals surface area contributed by atoms with E-state index in [4.69, 9.17) is 0 Å². The molecule has 1 aromatic carbocycles. The summed E-state index contributed by atoms with van der Waals surface area (Å²) in [4.78, 5) is 0.524. The van der Waals surface area contributed by atoms with Crippen molar-refractivity contribution >= 4 is 10.8 Å². The lowest BCUT2D eigenvalue weighted by molar-refractivity contribution is 0.476. The second-order valence-corrected chi connectivity index (χ2v) is 4.54. The van der Waals surface area contributed by atoms with E-state index in [0.29, 0.717) is 4.90 Å². The average molecular weight is 189 g/mol. The summed E-state index contributed by atoms with van der Waals surface area (Å²) in [7, 11) is -1.24. The Bertz CT molecular complexity index is 263. The standard InChI is InChI=1S/C8H13NO2S.H2/c1-7-3-5-8(6-4-7)12(10,11)9-2;/h3-6,9-11H,1-2H3;1H. The van der Waals surface area contributed by atoms with Gasteiger partial charge in [0.05, 0.1) is 4.90 Å². The van der Waals surface area contributed by atoms with Crippen LogP contribution in [0.3, 0.4) is 0 Å². The molecule has 12 heavy (non-hydrogen) atoms. The van der Waals surface area contributed by atoms with Gasteiger partial charge in [-0.15, -0.1) is 10.8 Å². The summed E-state index contributed by atoms with van der Waals surface area (Å²) < 4.78 is 21.3. The normalized spacial score (nSPS) is 13.0. The molecule has 4 heteroatoms. The van der Waals surface area contributed by atoms with Crippen LogP contribution in [-0.4, -0.2) is 16.2 Å². The van der Waals surface area contributed by atoms with Crippen LogP contribution in [0.25, 0.3) is 0 Å². The second kappa shape index (κ2) is 3.45. The van der Waals surface area contributed by atoms with Gasteiger partial charge >= 0.3 is 0 Å². The third-order valence-electron chi connectivity index (χ3n) is 1.63. The van der Waals surface area contributed by atoms with Crippen molar-refractivity contribution < 1.29 is 10.5 Å². The first-order chi connectivity index (χ1) is 5.56. The molecule has 0 heterocycles. The number of hydrogen-bond acceptors (Lipinski definition) is 3. The quantitative estimate of drug-likeness (QED) is 0.670. The summed E-state index contributed by atoms with van der Waals surface area (Å²) in [6.07, 6.45) is 0. The van der Waals surface area contributed by atoms with Crippen molar-refractivity contribution in [1.29, 1.82) is 0 Å². The number of benzene rings is 1. The van der Waals surface area contributed by atoms with E-state index in [1.54, 1.807) is 12.1 Å². The summed E-state index contributed by atoms with van der Waals surface area (Å²) in [5.74, 6) is 0. The molecular formula is C8H15NO2S. The number of nitrogens with one attached hydrogen (secondary N) is 1. The zero-order chi connectivity index (χ0) is 9.19. The van der Waals surface area contributed by atoms with Crippen LogP contribution in [0.15, 0.2) is 29.2 Å². The Morgan fingerprint density at radius 3 is 2.17 bits per heavy atom. The summed E-state index contributed by atoms with van der Waals surface area (Å²) in [5, 5.41) is 0. The largest absolute Gasteiger partial charge is 0.282 e. The molecule has 1 aromatic rings. The monoisotopic (exact) mass is 189 g/mol. The molecule has 0 fully saturated rings. The number of rotatable bonds is 2. The molecule has 0 aliphatic heterocycles. The fraction of sp³-hybridized carbons (Fsp3) is 0.250. The van der Waals surface area contributed by atoms with Gasteiger partial charge < -0.3 is 0 Å². The Morgan fingerprint density at radius 1 is 1.25 bits per heavy atom. The van der Waals surface area contributed by atoms with Gasteiger partial charge in [-0.2, -0.15) is 0 Å². The van der Waals surface area contributed by atoms with E-state index in [2.05, 4.69) is 4.72 Å². The lowest BCUT2D eigenvalue weighted by Gasteiger charge is -2.31. The van der Waals surface area contributed by atoms with Crippen molar-refractivity contribution in [2.75, 3.05) is 7.05 Å². The molecular weight excluding hydrogens is 174 g/mol. The smallest absolute Gasteiger partial charge is 0.0750 e. The highest BCUT2D eigenvalue weighted by molar-refractivity contribution is 8.22. The molecule has 0 aliphatic rings. The van der Waals surface area contributed by atoms with E-state index < -0.39 is 10.8 Å². The van der Waals surface area contributed by atoms with Crippen LogP contribution in [0.1, 0.15) is 6.99 Å². The average Bonchev–Trinajstić information content (AvgIpc) is 2.05. The predicted octanol–water partition coefficient (Wildman–Crippen LogP) is 2.48. The van der Waals surface area contributed by atoms with E-state index in [9.17, 15) is 9.11 Å². The highest BCUT2D eigenvalue weighted by atomic mass is 32.3. The third kappa shape index (κ3) is 1.98. The molecule has 3 N–H and O–H groups in total. The Morgan fingerprint density at radius 2 is 1.75 bits per heavy atom. The van der Waals surface area contributed by atoms with Gasteiger partial charge in [-0.3, -0.25) is 9.11 Å². The van der Waals surface area contributed by atoms with Crippen LogP contribution in [0.4, 0.5) is 0 Å². The van der Waals surface area contributed by atoms with Crippen molar-refractivity contribution in [1.82, 2.24) is 4.72 Å². The molecule has 0 saturated carbocycles. The highest BCUT2D eigenvalue weighted by Gasteiger charge is 2.10. The molecule has 0 spiro atoms. The predicted molar refractivity (Wildman–Crippen MR) is 53.5 cm³/mol. The maximum atomic E-state index is 9.41. The van der Waals surface area contributed by atoms with Crippen LogP contribution < -0.4 is 4.72 Å². The van der Waals surface area contributed by atoms with Crippen molar-refractivity contribution in [3.63, 3.8) is 0 Å². The molecule has 3 nitrogen and oxygen atoms in total. The Labute approximate surface area is 75.4 Å². The lowest BCUT2D eigenvalue weighted by Crippen LogP contribution is -2.14. The van der Waals surface area contributed by atoms with Gasteiger partial charge in [0.15, 0.2) is 0 Å². The molecule has 0 aliphatic carbocycles. The van der Waals surface area contributed by atoms with Gasteiger partial charge in [-0.1, -0.05) is 17.7 Å². The molecule has 0 radical (unpaired) electrons. The third-order valence-corrected chi connectivity index (χ3v) is 3.13. The van der Waals surface area contributed by atoms with E-state index in [1.165, 1.54) is 7.05 Å². The van der Waals surface area contributed by atoms with Crippen molar-refractivity contribution in [2.24, 2.45) is 0 Å². The van der Waals surface area contributed by atoms with E-state index in [-0.39, 0.29) is 1.43 Å². The van der Waals surface area contributed by atoms with Gasteiger partial charge in [-0.25, -0.2) is 4.72 Å². The van der Waals surface area contributed by atoms with Crippen LogP contribution in [-0.2, 0) is 0 Å². The maximum Gasteiger partial charge on any atom is 0.0750 e. The molecule has 0 saturated heterocycles. The van der Waals surface area contributed by atoms with E-state index in [1.807, 2.05) is 19.1 Å². The zero-order valence-corrected chi connectivity index (χ0v) is 7.93. The second-order valence-electron chi connectivity index (χ2n) is 2.57. The van der Waals surface area contributed by atoms with Crippen LogP contribution in [0.2, 0.25) is 0 Å². The summed E-state index contributed by atoms with van der Waals surface area (Å²) in [5.41, 5.74) is 1.10. The minimum atomic E-state index is -2.76. The number of hydrogen-bond donors (Lipinski definition) is 3. The van der Waals surface area contributed by atoms with E-state index in [0.717, 1.165) is 5.56 Å². The van der Waals surface area contributed by atoms with Crippen LogP contribution >= 0.6 is 10.8 Å². The van der Waals surface area contributed by atoms with Crippen molar-refractivity contribution in [3.8, 4) is 0 Å². The van der Waals surface area contributed by atoms with Crippen molar-refractivity contribution in [3.05, 3.63) is 29.8 Å². The summed E-state index contributed by atoms with van der Waals surface area (Å²) >= 11 is 0. The van der Waals surface area contributed by atoms with Gasteiger partial charge in [0, 0.05) is 8.47 Å². The highest BCUT2D eigenvalue weighted by Crippen LogP contribution is 2.42. The zero-order valence-electron chi connectivity index (χ0n) is 7.11. The molecule has 0 amide bonds. The van der Waals surface area contributed by atoms with Crippen LogP contribution in [0, 0.1) is 6.92 Å². The van der Waals surface area contributed by atoms with Gasteiger partial charge in [0.1, 0.15) is 0 Å². The van der Waals surface area contributed by atoms with Gasteiger partial charge in [0.25, 0.3) is 0 Å². The lowest BCUT2D eigenvalue weighted by atomic mass is 10.2. The molecule has 1 rings (SSSR count). The molecule has 0 unspecified atom stereocenters. The van der Waals surface area contributed by atoms with E-state index >= 15 is 0 Å². The number of aryl methyl sites for hydroxylation is 1. The molecule has 0 bridgehead atoms. The molecule has 0 atom stereocenters. The molecule has 70 valence electrons. The maximum absolute atomic E-state index is 9.41. The summed E-state index contributed by atoms with van der Waals surface area (Å²) in [6, 6.07) is 7.12. The first-order valence-electron chi connectivity index (χ1n) is 3.59. The van der Waals surface area contributed by atoms with Crippen LogP contribution in [0.5, 0.6) is 0 Å². The molecule has 0 aromatic heterocycles. The van der Waals surface area contributed by atoms with Crippen molar-refractivity contribution in [2.45, 2.75) is 11.8 Å². The Hall–Kier alpha value is -0.550. The SMILES string of the molecule is CNS(O)(O)c1ccc(C)cc1.[HH]. The Kier molecular flexibility index (Phi) is 2.74. The van der Waals surface area contributed by atoms with Gasteiger partial charge in [-0.05, 0) is 19.1 Å². The fourth-order valence-corrected chi connectivity index (χ4v) is 1.60.